The van der Waals surface area contributed by atoms with Crippen molar-refractivity contribution in [2.24, 2.45) is 23.7 Å². The van der Waals surface area contributed by atoms with Crippen LogP contribution in [-0.4, -0.2) is 7.28 Å². The van der Waals surface area contributed by atoms with Crippen LogP contribution in [0, 0.1) is 23.7 Å². The Bertz CT molecular complexity index is 567. The van der Waals surface area contributed by atoms with Crippen molar-refractivity contribution in [1.82, 2.24) is 0 Å². The molecule has 0 spiro atoms. The third kappa shape index (κ3) is 1.28. The quantitative estimate of drug-likeness (QED) is 0.603. The normalized spacial score (nSPS) is 36.1. The highest BCUT2D eigenvalue weighted by molar-refractivity contribution is 6.67. The molecule has 4 atom stereocenters. The zero-order chi connectivity index (χ0) is 12.3. The van der Waals surface area contributed by atoms with Gasteiger partial charge in [0.05, 0.1) is 0 Å². The van der Waals surface area contributed by atoms with Gasteiger partial charge in [0.2, 0.25) is 0 Å². The first-order valence-corrected chi connectivity index (χ1v) is 7.12. The lowest BCUT2D eigenvalue weighted by Crippen LogP contribution is -2.16. The Balaban J connectivity index is 1.83. The molecule has 0 N–H and O–H groups in total. The van der Waals surface area contributed by atoms with Gasteiger partial charge in [-0.1, -0.05) is 61.2 Å². The van der Waals surface area contributed by atoms with E-state index >= 15 is 0 Å². The van der Waals surface area contributed by atoms with Gasteiger partial charge in [-0.25, -0.2) is 0 Å². The third-order valence-corrected chi connectivity index (χ3v) is 5.34. The van der Waals surface area contributed by atoms with Gasteiger partial charge in [-0.2, -0.15) is 0 Å². The Kier molecular flexibility index (Phi) is 2.15. The summed E-state index contributed by atoms with van der Waals surface area (Å²) >= 11 is 0. The van der Waals surface area contributed by atoms with Crippen molar-refractivity contribution in [3.05, 3.63) is 47.5 Å². The third-order valence-electron chi connectivity index (χ3n) is 5.34. The van der Waals surface area contributed by atoms with Crippen molar-refractivity contribution in [3.8, 4) is 0 Å². The molecule has 0 saturated heterocycles. The lowest BCUT2D eigenvalue weighted by Gasteiger charge is -2.26. The molecule has 3 aliphatic rings. The highest BCUT2D eigenvalue weighted by Crippen LogP contribution is 2.51. The maximum absolute atomic E-state index is 2.47. The average molecular weight is 233 g/mol. The van der Waals surface area contributed by atoms with E-state index in [2.05, 4.69) is 57.5 Å². The van der Waals surface area contributed by atoms with Crippen molar-refractivity contribution in [2.45, 2.75) is 20.3 Å². The molecule has 18 heavy (non-hydrogen) atoms. The number of hydrogen-bond acceptors (Lipinski definition) is 0. The van der Waals surface area contributed by atoms with Crippen LogP contribution in [-0.2, 0) is 0 Å². The summed E-state index contributed by atoms with van der Waals surface area (Å²) in [5, 5.41) is 0. The fraction of sp³-hybridized carbons (Fsp3) is 0.412. The summed E-state index contributed by atoms with van der Waals surface area (Å²) in [6.45, 7) is 4.84. The van der Waals surface area contributed by atoms with Crippen LogP contribution in [0.5, 0.6) is 0 Å². The summed E-state index contributed by atoms with van der Waals surface area (Å²) < 4.78 is 0. The molecular formula is C17H18B. The summed E-state index contributed by atoms with van der Waals surface area (Å²) in [5.74, 6) is 3.20. The van der Waals surface area contributed by atoms with E-state index in [4.69, 9.17) is 0 Å². The van der Waals surface area contributed by atoms with Crippen LogP contribution in [0.15, 0.2) is 41.9 Å². The lowest BCUT2D eigenvalue weighted by molar-refractivity contribution is 0.397. The molecule has 4 unspecified atom stereocenters. The maximum Gasteiger partial charge on any atom is 0.192 e. The molecule has 89 valence electrons. The molecule has 1 heterocycles. The van der Waals surface area contributed by atoms with Crippen LogP contribution >= 0.6 is 0 Å². The number of fused-ring (bicyclic) bond motifs is 4. The lowest BCUT2D eigenvalue weighted by atomic mass is 9.64. The van der Waals surface area contributed by atoms with Gasteiger partial charge < -0.3 is 0 Å². The van der Waals surface area contributed by atoms with Gasteiger partial charge in [0.15, 0.2) is 7.28 Å². The molecule has 2 aliphatic carbocycles. The van der Waals surface area contributed by atoms with E-state index in [0.717, 1.165) is 23.7 Å². The Morgan fingerprint density at radius 3 is 2.89 bits per heavy atom. The van der Waals surface area contributed by atoms with Gasteiger partial charge in [0.1, 0.15) is 0 Å². The van der Waals surface area contributed by atoms with Gasteiger partial charge >= 0.3 is 0 Å². The largest absolute Gasteiger partial charge is 0.192 e. The van der Waals surface area contributed by atoms with E-state index in [1.807, 2.05) is 0 Å². The molecule has 1 aromatic rings. The van der Waals surface area contributed by atoms with Gasteiger partial charge in [-0.15, -0.1) is 0 Å². The second-order valence-electron chi connectivity index (χ2n) is 6.22. The topological polar surface area (TPSA) is 0 Å². The van der Waals surface area contributed by atoms with E-state index in [0.29, 0.717) is 0 Å². The standard InChI is InChI=1S/C17H18B/c1-10-9-14-12(11(10)2)7-8-16-17(14)13-5-3-4-6-15(13)18-16/h3-8,10-12,14H,9H2,1-2H3. The van der Waals surface area contributed by atoms with Crippen LogP contribution in [0.25, 0.3) is 5.57 Å². The Morgan fingerprint density at radius 1 is 1.17 bits per heavy atom. The Hall–Kier alpha value is -1.24. The molecule has 0 bridgehead atoms. The smallest absolute Gasteiger partial charge is 0.0811 e. The fourth-order valence-electron chi connectivity index (χ4n) is 4.17. The summed E-state index contributed by atoms with van der Waals surface area (Å²) in [6, 6.07) is 8.88. The average Bonchev–Trinajstić information content (AvgIpc) is 2.88. The summed E-state index contributed by atoms with van der Waals surface area (Å²) in [5.41, 5.74) is 6.02. The number of rotatable bonds is 0. The molecule has 0 aromatic heterocycles. The monoisotopic (exact) mass is 233 g/mol. The minimum absolute atomic E-state index is 0.759. The van der Waals surface area contributed by atoms with Crippen LogP contribution in [0.4, 0.5) is 0 Å². The van der Waals surface area contributed by atoms with Gasteiger partial charge in [-0.3, -0.25) is 0 Å². The van der Waals surface area contributed by atoms with Crippen LogP contribution in [0.3, 0.4) is 0 Å². The van der Waals surface area contributed by atoms with Crippen LogP contribution < -0.4 is 5.46 Å². The molecule has 1 fully saturated rings. The predicted octanol–water partition coefficient (Wildman–Crippen LogP) is 3.22. The highest BCUT2D eigenvalue weighted by atomic mass is 14.5. The second-order valence-corrected chi connectivity index (χ2v) is 6.22. The first-order chi connectivity index (χ1) is 8.75. The predicted molar refractivity (Wildman–Crippen MR) is 77.8 cm³/mol. The van der Waals surface area contributed by atoms with Gasteiger partial charge in [0, 0.05) is 0 Å². The number of benzene rings is 1. The molecule has 0 amide bonds. The Morgan fingerprint density at radius 2 is 2.00 bits per heavy atom. The first kappa shape index (κ1) is 10.7. The Labute approximate surface area is 110 Å². The molecule has 0 nitrogen and oxygen atoms in total. The number of allylic oxidation sites excluding steroid dienone is 4. The minimum Gasteiger partial charge on any atom is -0.0811 e. The minimum atomic E-state index is 0.759. The van der Waals surface area contributed by atoms with Crippen molar-refractivity contribution in [3.63, 3.8) is 0 Å². The highest BCUT2D eigenvalue weighted by Gasteiger charge is 2.42. The molecule has 1 aromatic carbocycles. The second kappa shape index (κ2) is 3.63. The van der Waals surface area contributed by atoms with Crippen molar-refractivity contribution < 1.29 is 0 Å². The summed E-state index contributed by atoms with van der Waals surface area (Å²) in [6.07, 6.45) is 6.20. The molecule has 1 heteroatoms. The molecule has 4 rings (SSSR count). The summed E-state index contributed by atoms with van der Waals surface area (Å²) in [7, 11) is 2.37. The number of hydrogen-bond donors (Lipinski definition) is 0. The zero-order valence-corrected chi connectivity index (χ0v) is 11.1. The molecular weight excluding hydrogens is 215 g/mol. The van der Waals surface area contributed by atoms with Crippen molar-refractivity contribution in [1.29, 1.82) is 0 Å². The first-order valence-electron chi connectivity index (χ1n) is 7.12. The van der Waals surface area contributed by atoms with E-state index < -0.39 is 0 Å². The van der Waals surface area contributed by atoms with E-state index in [1.165, 1.54) is 22.9 Å². The fourth-order valence-corrected chi connectivity index (χ4v) is 4.17. The van der Waals surface area contributed by atoms with Gasteiger partial charge in [-0.05, 0) is 41.2 Å². The van der Waals surface area contributed by atoms with Crippen LogP contribution in [0.2, 0.25) is 0 Å². The molecule has 1 aliphatic heterocycles. The van der Waals surface area contributed by atoms with E-state index in [1.54, 1.807) is 5.57 Å². The van der Waals surface area contributed by atoms with Crippen molar-refractivity contribution >= 4 is 18.3 Å². The molecule has 1 radical (unpaired) electrons. The van der Waals surface area contributed by atoms with E-state index in [9.17, 15) is 0 Å². The SMILES string of the molecule is CC1CC2C3=C([B]c4ccccc43)C=CC2C1C. The maximum atomic E-state index is 2.47. The molecule has 1 saturated carbocycles. The van der Waals surface area contributed by atoms with Crippen molar-refractivity contribution in [2.75, 3.05) is 0 Å². The van der Waals surface area contributed by atoms with Gasteiger partial charge in [0.25, 0.3) is 0 Å². The zero-order valence-electron chi connectivity index (χ0n) is 11.1. The summed E-state index contributed by atoms with van der Waals surface area (Å²) in [4.78, 5) is 0. The van der Waals surface area contributed by atoms with Crippen LogP contribution in [0.1, 0.15) is 25.8 Å². The van der Waals surface area contributed by atoms with E-state index in [-0.39, 0.29) is 0 Å².